The Balaban J connectivity index is 1.90. The molecule has 0 aromatic heterocycles. The standard InChI is InChI=1S/C16H25N3O2/c1-13(19-9-11-21-12-10-19)14-4-6-15(7-5-14)18-16(20)3-2-8-17/h4-7,13H,2-3,8-12,17H2,1H3,(H,18,20). The van der Waals surface area contributed by atoms with E-state index in [1.807, 2.05) is 12.1 Å². The van der Waals surface area contributed by atoms with Crippen LogP contribution in [0.25, 0.3) is 0 Å². The first-order chi connectivity index (χ1) is 10.2. The number of nitrogens with one attached hydrogen (secondary N) is 1. The highest BCUT2D eigenvalue weighted by atomic mass is 16.5. The molecule has 3 N–H and O–H groups in total. The number of anilines is 1. The van der Waals surface area contributed by atoms with Crippen LogP contribution in [-0.4, -0.2) is 43.7 Å². The van der Waals surface area contributed by atoms with Crippen molar-refractivity contribution in [1.82, 2.24) is 4.90 Å². The highest BCUT2D eigenvalue weighted by Gasteiger charge is 2.18. The second-order valence-corrected chi connectivity index (χ2v) is 5.39. The molecule has 0 saturated carbocycles. The van der Waals surface area contributed by atoms with Crippen LogP contribution in [0.1, 0.15) is 31.4 Å². The lowest BCUT2D eigenvalue weighted by Crippen LogP contribution is -2.37. The molecule has 1 heterocycles. The van der Waals surface area contributed by atoms with Gasteiger partial charge in [-0.15, -0.1) is 0 Å². The summed E-state index contributed by atoms with van der Waals surface area (Å²) < 4.78 is 5.38. The van der Waals surface area contributed by atoms with Crippen LogP contribution in [0.3, 0.4) is 0 Å². The van der Waals surface area contributed by atoms with Crippen LogP contribution >= 0.6 is 0 Å². The molecular weight excluding hydrogens is 266 g/mol. The summed E-state index contributed by atoms with van der Waals surface area (Å²) in [6.45, 7) is 6.31. The number of ether oxygens (including phenoxy) is 1. The van der Waals surface area contributed by atoms with Crippen LogP contribution in [0.4, 0.5) is 5.69 Å². The fourth-order valence-corrected chi connectivity index (χ4v) is 2.51. The largest absolute Gasteiger partial charge is 0.379 e. The minimum absolute atomic E-state index is 0.0226. The Morgan fingerprint density at radius 2 is 2.00 bits per heavy atom. The lowest BCUT2D eigenvalue weighted by Gasteiger charge is -2.32. The van der Waals surface area contributed by atoms with Gasteiger partial charge in [-0.05, 0) is 37.6 Å². The summed E-state index contributed by atoms with van der Waals surface area (Å²) in [6.07, 6.45) is 1.19. The molecule has 0 bridgehead atoms. The predicted octanol–water partition coefficient (Wildman–Crippen LogP) is 1.76. The average Bonchev–Trinajstić information content (AvgIpc) is 2.54. The van der Waals surface area contributed by atoms with Gasteiger partial charge in [-0.1, -0.05) is 12.1 Å². The highest BCUT2D eigenvalue weighted by Crippen LogP contribution is 2.22. The molecule has 116 valence electrons. The van der Waals surface area contributed by atoms with Crippen molar-refractivity contribution >= 4 is 11.6 Å². The number of hydrogen-bond acceptors (Lipinski definition) is 4. The second-order valence-electron chi connectivity index (χ2n) is 5.39. The zero-order valence-electron chi connectivity index (χ0n) is 12.7. The predicted molar refractivity (Wildman–Crippen MR) is 84.2 cm³/mol. The molecule has 5 heteroatoms. The molecule has 0 spiro atoms. The quantitative estimate of drug-likeness (QED) is 0.838. The summed E-state index contributed by atoms with van der Waals surface area (Å²) in [5, 5.41) is 2.89. The first kappa shape index (κ1) is 15.9. The number of amides is 1. The van der Waals surface area contributed by atoms with E-state index in [0.717, 1.165) is 38.4 Å². The van der Waals surface area contributed by atoms with Gasteiger partial charge in [-0.2, -0.15) is 0 Å². The van der Waals surface area contributed by atoms with Gasteiger partial charge in [0.05, 0.1) is 13.2 Å². The van der Waals surface area contributed by atoms with Crippen molar-refractivity contribution in [3.8, 4) is 0 Å². The van der Waals surface area contributed by atoms with Crippen molar-refractivity contribution in [2.24, 2.45) is 5.73 Å². The zero-order valence-corrected chi connectivity index (χ0v) is 12.7. The maximum absolute atomic E-state index is 11.6. The van der Waals surface area contributed by atoms with Crippen LogP contribution in [0.15, 0.2) is 24.3 Å². The fraction of sp³-hybridized carbons (Fsp3) is 0.562. The molecule has 1 unspecified atom stereocenters. The lowest BCUT2D eigenvalue weighted by molar-refractivity contribution is -0.116. The van der Waals surface area contributed by atoms with E-state index in [2.05, 4.69) is 29.3 Å². The van der Waals surface area contributed by atoms with Gasteiger partial charge in [0, 0.05) is 31.2 Å². The van der Waals surface area contributed by atoms with E-state index in [1.165, 1.54) is 5.56 Å². The molecule has 1 aliphatic rings. The topological polar surface area (TPSA) is 67.6 Å². The van der Waals surface area contributed by atoms with Crippen LogP contribution in [-0.2, 0) is 9.53 Å². The number of hydrogen-bond donors (Lipinski definition) is 2. The van der Waals surface area contributed by atoms with Gasteiger partial charge in [-0.3, -0.25) is 9.69 Å². The van der Waals surface area contributed by atoms with Gasteiger partial charge in [0.2, 0.25) is 5.91 Å². The summed E-state index contributed by atoms with van der Waals surface area (Å²) in [5.74, 6) is 0.0226. The number of benzene rings is 1. The lowest BCUT2D eigenvalue weighted by atomic mass is 10.1. The Morgan fingerprint density at radius 1 is 1.33 bits per heavy atom. The smallest absolute Gasteiger partial charge is 0.224 e. The fourth-order valence-electron chi connectivity index (χ4n) is 2.51. The van der Waals surface area contributed by atoms with E-state index in [4.69, 9.17) is 10.5 Å². The van der Waals surface area contributed by atoms with Crippen LogP contribution in [0, 0.1) is 0 Å². The van der Waals surface area contributed by atoms with Crippen LogP contribution in [0.5, 0.6) is 0 Å². The molecular formula is C16H25N3O2. The summed E-state index contributed by atoms with van der Waals surface area (Å²) in [6, 6.07) is 8.47. The molecule has 21 heavy (non-hydrogen) atoms. The van der Waals surface area contributed by atoms with Crippen LogP contribution < -0.4 is 11.1 Å². The molecule has 0 radical (unpaired) electrons. The minimum atomic E-state index is 0.0226. The number of morpholine rings is 1. The number of rotatable bonds is 6. The van der Waals surface area contributed by atoms with E-state index in [1.54, 1.807) is 0 Å². The summed E-state index contributed by atoms with van der Waals surface area (Å²) in [7, 11) is 0. The third-order valence-corrected chi connectivity index (χ3v) is 3.88. The number of carbonyl (C=O) groups excluding carboxylic acids is 1. The van der Waals surface area contributed by atoms with Crippen molar-refractivity contribution < 1.29 is 9.53 Å². The van der Waals surface area contributed by atoms with Crippen molar-refractivity contribution in [2.75, 3.05) is 38.2 Å². The highest BCUT2D eigenvalue weighted by molar-refractivity contribution is 5.90. The van der Waals surface area contributed by atoms with Crippen molar-refractivity contribution in [3.63, 3.8) is 0 Å². The van der Waals surface area contributed by atoms with Gasteiger partial charge in [0.15, 0.2) is 0 Å². The van der Waals surface area contributed by atoms with E-state index in [9.17, 15) is 4.79 Å². The second kappa shape index (κ2) is 8.12. The monoisotopic (exact) mass is 291 g/mol. The van der Waals surface area contributed by atoms with Crippen LogP contribution in [0.2, 0.25) is 0 Å². The molecule has 1 atom stereocenters. The van der Waals surface area contributed by atoms with Gasteiger partial charge in [-0.25, -0.2) is 0 Å². The molecule has 1 saturated heterocycles. The summed E-state index contributed by atoms with van der Waals surface area (Å²) in [4.78, 5) is 14.1. The molecule has 1 aromatic rings. The third kappa shape index (κ3) is 4.81. The first-order valence-electron chi connectivity index (χ1n) is 7.62. The Bertz CT molecular complexity index is 441. The Labute approximate surface area is 126 Å². The molecule has 1 fully saturated rings. The molecule has 1 aliphatic heterocycles. The Hall–Kier alpha value is -1.43. The van der Waals surface area contributed by atoms with Crippen molar-refractivity contribution in [1.29, 1.82) is 0 Å². The molecule has 1 amide bonds. The van der Waals surface area contributed by atoms with E-state index < -0.39 is 0 Å². The maximum Gasteiger partial charge on any atom is 0.224 e. The minimum Gasteiger partial charge on any atom is -0.379 e. The first-order valence-corrected chi connectivity index (χ1v) is 7.62. The molecule has 1 aromatic carbocycles. The van der Waals surface area contributed by atoms with E-state index in [-0.39, 0.29) is 5.91 Å². The van der Waals surface area contributed by atoms with Gasteiger partial charge < -0.3 is 15.8 Å². The normalized spacial score (nSPS) is 17.4. The van der Waals surface area contributed by atoms with Gasteiger partial charge in [0.1, 0.15) is 0 Å². The van der Waals surface area contributed by atoms with E-state index in [0.29, 0.717) is 19.0 Å². The van der Waals surface area contributed by atoms with Gasteiger partial charge >= 0.3 is 0 Å². The Morgan fingerprint density at radius 3 is 2.62 bits per heavy atom. The van der Waals surface area contributed by atoms with E-state index >= 15 is 0 Å². The maximum atomic E-state index is 11.6. The summed E-state index contributed by atoms with van der Waals surface area (Å²) >= 11 is 0. The number of nitrogens with zero attached hydrogens (tertiary/aromatic N) is 1. The zero-order chi connectivity index (χ0) is 15.1. The number of carbonyl (C=O) groups is 1. The molecule has 5 nitrogen and oxygen atoms in total. The van der Waals surface area contributed by atoms with Crippen molar-refractivity contribution in [2.45, 2.75) is 25.8 Å². The molecule has 2 rings (SSSR count). The molecule has 0 aliphatic carbocycles. The average molecular weight is 291 g/mol. The third-order valence-electron chi connectivity index (χ3n) is 3.88. The SMILES string of the molecule is CC(c1ccc(NC(=O)CCCN)cc1)N1CCOCC1. The number of nitrogens with two attached hydrogens (primary N) is 1. The van der Waals surface area contributed by atoms with Crippen molar-refractivity contribution in [3.05, 3.63) is 29.8 Å². The Kier molecular flexibility index (Phi) is 6.17. The summed E-state index contributed by atoms with van der Waals surface area (Å²) in [5.41, 5.74) is 7.50. The van der Waals surface area contributed by atoms with Gasteiger partial charge in [0.25, 0.3) is 0 Å².